The van der Waals surface area contributed by atoms with Crippen LogP contribution in [-0.4, -0.2) is 9.55 Å². The van der Waals surface area contributed by atoms with Gasteiger partial charge in [-0.2, -0.15) is 0 Å². The van der Waals surface area contributed by atoms with Crippen molar-refractivity contribution in [1.82, 2.24) is 9.55 Å². The molecule has 0 saturated heterocycles. The van der Waals surface area contributed by atoms with Crippen molar-refractivity contribution in [3.63, 3.8) is 0 Å². The summed E-state index contributed by atoms with van der Waals surface area (Å²) in [5.41, 5.74) is 2.35. The maximum Gasteiger partial charge on any atom is 0.203 e. The van der Waals surface area contributed by atoms with E-state index in [1.54, 1.807) is 0 Å². The molecule has 0 amide bonds. The van der Waals surface area contributed by atoms with Crippen molar-refractivity contribution in [2.24, 2.45) is 0 Å². The second-order valence-corrected chi connectivity index (χ2v) is 6.70. The number of aromatic nitrogens is 2. The molecule has 1 saturated carbocycles. The predicted octanol–water partition coefficient (Wildman–Crippen LogP) is 5.07. The Morgan fingerprint density at radius 2 is 2.00 bits per heavy atom. The number of hydrogen-bond donors (Lipinski definition) is 1. The zero-order valence-electron chi connectivity index (χ0n) is 12.5. The van der Waals surface area contributed by atoms with E-state index in [0.717, 1.165) is 22.7 Å². The van der Waals surface area contributed by atoms with E-state index in [1.807, 2.05) is 6.07 Å². The third-order valence-corrected chi connectivity index (χ3v) is 4.99. The molecule has 1 aromatic carbocycles. The molecule has 0 atom stereocenters. The molecule has 21 heavy (non-hydrogen) atoms. The monoisotopic (exact) mass is 347 g/mol. The Morgan fingerprint density at radius 1 is 1.24 bits per heavy atom. The topological polar surface area (TPSA) is 29.9 Å². The van der Waals surface area contributed by atoms with Gasteiger partial charge in [0.05, 0.1) is 5.69 Å². The van der Waals surface area contributed by atoms with Crippen molar-refractivity contribution in [2.75, 3.05) is 5.32 Å². The maximum atomic E-state index is 4.67. The highest BCUT2D eigenvalue weighted by molar-refractivity contribution is 9.10. The van der Waals surface area contributed by atoms with Crippen molar-refractivity contribution in [2.45, 2.75) is 51.6 Å². The summed E-state index contributed by atoms with van der Waals surface area (Å²) >= 11 is 3.60. The molecule has 0 unspecified atom stereocenters. The lowest BCUT2D eigenvalue weighted by atomic mass is 9.95. The Kier molecular flexibility index (Phi) is 4.63. The van der Waals surface area contributed by atoms with Crippen LogP contribution in [0.5, 0.6) is 0 Å². The van der Waals surface area contributed by atoms with E-state index in [4.69, 9.17) is 0 Å². The van der Waals surface area contributed by atoms with Crippen LogP contribution in [0.25, 0.3) is 0 Å². The second kappa shape index (κ2) is 6.65. The summed E-state index contributed by atoms with van der Waals surface area (Å²) in [5.74, 6) is 1.01. The van der Waals surface area contributed by atoms with Crippen LogP contribution < -0.4 is 5.32 Å². The van der Waals surface area contributed by atoms with Gasteiger partial charge in [0, 0.05) is 23.3 Å². The molecule has 0 bridgehead atoms. The lowest BCUT2D eigenvalue weighted by Crippen LogP contribution is -2.15. The summed E-state index contributed by atoms with van der Waals surface area (Å²) in [6.45, 7) is 2.87. The first kappa shape index (κ1) is 14.6. The van der Waals surface area contributed by atoms with Crippen LogP contribution in [-0.2, 0) is 6.54 Å². The molecule has 4 heteroatoms. The SMILES string of the molecule is Cc1cn(C2CCCCC2)c(NCc2ccccc2Br)n1. The van der Waals surface area contributed by atoms with Gasteiger partial charge in [-0.1, -0.05) is 53.4 Å². The average Bonchev–Trinajstić information content (AvgIpc) is 2.88. The number of halogens is 1. The van der Waals surface area contributed by atoms with Gasteiger partial charge in [0.25, 0.3) is 0 Å². The molecule has 2 aromatic rings. The van der Waals surface area contributed by atoms with Gasteiger partial charge in [-0.25, -0.2) is 4.98 Å². The molecule has 1 N–H and O–H groups in total. The minimum atomic E-state index is 0.613. The molecule has 3 rings (SSSR count). The molecular formula is C17H22BrN3. The number of rotatable bonds is 4. The van der Waals surface area contributed by atoms with E-state index in [1.165, 1.54) is 37.7 Å². The first-order chi connectivity index (χ1) is 10.2. The number of anilines is 1. The van der Waals surface area contributed by atoms with Crippen molar-refractivity contribution in [3.05, 3.63) is 46.2 Å². The molecule has 0 aliphatic heterocycles. The third-order valence-electron chi connectivity index (χ3n) is 4.22. The smallest absolute Gasteiger partial charge is 0.203 e. The van der Waals surface area contributed by atoms with Gasteiger partial charge in [-0.05, 0) is 31.4 Å². The van der Waals surface area contributed by atoms with Crippen molar-refractivity contribution >= 4 is 21.9 Å². The highest BCUT2D eigenvalue weighted by Gasteiger charge is 2.18. The Bertz CT molecular complexity index is 600. The van der Waals surface area contributed by atoms with Crippen LogP contribution >= 0.6 is 15.9 Å². The number of nitrogens with zero attached hydrogens (tertiary/aromatic N) is 2. The molecule has 112 valence electrons. The zero-order valence-corrected chi connectivity index (χ0v) is 14.1. The maximum absolute atomic E-state index is 4.67. The zero-order chi connectivity index (χ0) is 14.7. The summed E-state index contributed by atoms with van der Waals surface area (Å²) in [6.07, 6.45) is 8.80. The van der Waals surface area contributed by atoms with Crippen LogP contribution in [0, 0.1) is 6.92 Å². The minimum absolute atomic E-state index is 0.613. The van der Waals surface area contributed by atoms with E-state index in [0.29, 0.717) is 6.04 Å². The van der Waals surface area contributed by atoms with Crippen molar-refractivity contribution < 1.29 is 0 Å². The fourth-order valence-electron chi connectivity index (χ4n) is 3.10. The fraction of sp³-hybridized carbons (Fsp3) is 0.471. The minimum Gasteiger partial charge on any atom is -0.352 e. The molecule has 0 radical (unpaired) electrons. The Balaban J connectivity index is 1.74. The van der Waals surface area contributed by atoms with Crippen LogP contribution in [0.4, 0.5) is 5.95 Å². The van der Waals surface area contributed by atoms with Gasteiger partial charge in [0.15, 0.2) is 0 Å². The van der Waals surface area contributed by atoms with E-state index in [9.17, 15) is 0 Å². The van der Waals surface area contributed by atoms with Crippen LogP contribution in [0.1, 0.15) is 49.4 Å². The van der Waals surface area contributed by atoms with E-state index < -0.39 is 0 Å². The Labute approximate surface area is 134 Å². The summed E-state index contributed by atoms with van der Waals surface area (Å²) in [7, 11) is 0. The van der Waals surface area contributed by atoms with E-state index >= 15 is 0 Å². The number of aryl methyl sites for hydroxylation is 1. The standard InChI is InChI=1S/C17H22BrN3/c1-13-12-21(15-8-3-2-4-9-15)17(20-13)19-11-14-7-5-6-10-16(14)18/h5-7,10,12,15H,2-4,8-9,11H2,1H3,(H,19,20). The second-order valence-electron chi connectivity index (χ2n) is 5.85. The molecule has 0 spiro atoms. The summed E-state index contributed by atoms with van der Waals surface area (Å²) in [4.78, 5) is 4.67. The van der Waals surface area contributed by atoms with Crippen LogP contribution in [0.2, 0.25) is 0 Å². The third kappa shape index (κ3) is 3.49. The predicted molar refractivity (Wildman–Crippen MR) is 90.6 cm³/mol. The molecule has 1 heterocycles. The van der Waals surface area contributed by atoms with Gasteiger partial charge < -0.3 is 9.88 Å². The van der Waals surface area contributed by atoms with Crippen molar-refractivity contribution in [3.8, 4) is 0 Å². The van der Waals surface area contributed by atoms with Crippen LogP contribution in [0.3, 0.4) is 0 Å². The Hall–Kier alpha value is -1.29. The summed E-state index contributed by atoms with van der Waals surface area (Å²) < 4.78 is 3.50. The number of nitrogens with one attached hydrogen (secondary N) is 1. The molecular weight excluding hydrogens is 326 g/mol. The lowest BCUT2D eigenvalue weighted by Gasteiger charge is -2.24. The summed E-state index contributed by atoms with van der Waals surface area (Å²) in [5, 5.41) is 3.51. The molecule has 1 fully saturated rings. The fourth-order valence-corrected chi connectivity index (χ4v) is 3.53. The highest BCUT2D eigenvalue weighted by atomic mass is 79.9. The molecule has 3 nitrogen and oxygen atoms in total. The Morgan fingerprint density at radius 3 is 2.76 bits per heavy atom. The van der Waals surface area contributed by atoms with Gasteiger partial charge in [0.2, 0.25) is 5.95 Å². The molecule has 1 aliphatic carbocycles. The van der Waals surface area contributed by atoms with Gasteiger partial charge >= 0.3 is 0 Å². The number of imidazole rings is 1. The average molecular weight is 348 g/mol. The first-order valence-corrected chi connectivity index (χ1v) is 8.56. The quantitative estimate of drug-likeness (QED) is 0.836. The number of benzene rings is 1. The van der Waals surface area contributed by atoms with E-state index in [2.05, 4.69) is 62.1 Å². The first-order valence-electron chi connectivity index (χ1n) is 7.77. The lowest BCUT2D eigenvalue weighted by molar-refractivity contribution is 0.355. The van der Waals surface area contributed by atoms with Gasteiger partial charge in [-0.3, -0.25) is 0 Å². The van der Waals surface area contributed by atoms with E-state index in [-0.39, 0.29) is 0 Å². The molecule has 1 aromatic heterocycles. The highest BCUT2D eigenvalue weighted by Crippen LogP contribution is 2.31. The largest absolute Gasteiger partial charge is 0.352 e. The number of hydrogen-bond acceptors (Lipinski definition) is 2. The van der Waals surface area contributed by atoms with Crippen LogP contribution in [0.15, 0.2) is 34.9 Å². The summed E-state index contributed by atoms with van der Waals surface area (Å²) in [6, 6.07) is 8.94. The molecule has 1 aliphatic rings. The normalized spacial score (nSPS) is 16.1. The van der Waals surface area contributed by atoms with Gasteiger partial charge in [-0.15, -0.1) is 0 Å². The van der Waals surface area contributed by atoms with Gasteiger partial charge in [0.1, 0.15) is 0 Å². The van der Waals surface area contributed by atoms with Crippen molar-refractivity contribution in [1.29, 1.82) is 0 Å².